The van der Waals surface area contributed by atoms with Gasteiger partial charge in [-0.15, -0.1) is 0 Å². The average Bonchev–Trinajstić information content (AvgIpc) is 2.04. The van der Waals surface area contributed by atoms with E-state index in [1.165, 1.54) is 6.07 Å². The molecule has 1 amide bonds. The molecule has 0 saturated heterocycles. The molecule has 0 saturated carbocycles. The Morgan fingerprint density at radius 2 is 1.92 bits per heavy atom. The van der Waals surface area contributed by atoms with Gasteiger partial charge in [0.2, 0.25) is 0 Å². The average molecular weight is 203 g/mol. The fourth-order valence-corrected chi connectivity index (χ4v) is 1.15. The molecular formula is C8H7F2NOS. The second-order valence-electron chi connectivity index (χ2n) is 2.23. The first-order valence-electron chi connectivity index (χ1n) is 3.44. The van der Waals surface area contributed by atoms with E-state index in [1.54, 1.807) is 6.26 Å². The number of halogens is 2. The fourth-order valence-electron chi connectivity index (χ4n) is 0.858. The molecule has 1 aromatic carbocycles. The van der Waals surface area contributed by atoms with Gasteiger partial charge < -0.3 is 0 Å². The van der Waals surface area contributed by atoms with Gasteiger partial charge in [0.15, 0.2) is 0 Å². The van der Waals surface area contributed by atoms with Crippen LogP contribution in [-0.4, -0.2) is 12.2 Å². The molecule has 0 fully saturated rings. The van der Waals surface area contributed by atoms with Gasteiger partial charge in [-0.1, -0.05) is 18.0 Å². The molecule has 5 heteroatoms. The smallest absolute Gasteiger partial charge is 0.267 e. The van der Waals surface area contributed by atoms with Gasteiger partial charge >= 0.3 is 0 Å². The lowest BCUT2D eigenvalue weighted by molar-refractivity contribution is 0.0976. The maximum absolute atomic E-state index is 12.9. The van der Waals surface area contributed by atoms with E-state index < -0.39 is 23.1 Å². The van der Waals surface area contributed by atoms with Gasteiger partial charge in [-0.25, -0.2) is 8.78 Å². The molecule has 0 heterocycles. The lowest BCUT2D eigenvalue weighted by Crippen LogP contribution is -2.18. The molecular weight excluding hydrogens is 196 g/mol. The molecule has 0 aliphatic carbocycles. The predicted molar refractivity (Wildman–Crippen MR) is 47.3 cm³/mol. The molecule has 0 unspecified atom stereocenters. The number of carbonyl (C=O) groups is 1. The van der Waals surface area contributed by atoms with Crippen molar-refractivity contribution in [1.82, 2.24) is 4.72 Å². The molecule has 70 valence electrons. The number of rotatable bonds is 2. The second kappa shape index (κ2) is 4.23. The molecule has 2 nitrogen and oxygen atoms in total. The third-order valence-corrected chi connectivity index (χ3v) is 1.77. The summed E-state index contributed by atoms with van der Waals surface area (Å²) in [6.45, 7) is 0. The SMILES string of the molecule is CSNC(=O)c1c(F)cccc1F. The zero-order valence-electron chi connectivity index (χ0n) is 6.80. The minimum Gasteiger partial charge on any atom is -0.296 e. The number of amides is 1. The summed E-state index contributed by atoms with van der Waals surface area (Å²) >= 11 is 0.989. The largest absolute Gasteiger partial charge is 0.296 e. The molecule has 0 aromatic heterocycles. The van der Waals surface area contributed by atoms with Crippen molar-refractivity contribution in [3.63, 3.8) is 0 Å². The Morgan fingerprint density at radius 1 is 1.38 bits per heavy atom. The van der Waals surface area contributed by atoms with Crippen molar-refractivity contribution in [3.05, 3.63) is 35.4 Å². The van der Waals surface area contributed by atoms with E-state index in [9.17, 15) is 13.6 Å². The van der Waals surface area contributed by atoms with Crippen LogP contribution in [0.15, 0.2) is 18.2 Å². The zero-order valence-corrected chi connectivity index (χ0v) is 7.62. The predicted octanol–water partition coefficient (Wildman–Crippen LogP) is 1.97. The highest BCUT2D eigenvalue weighted by Gasteiger charge is 2.15. The van der Waals surface area contributed by atoms with Crippen molar-refractivity contribution in [2.24, 2.45) is 0 Å². The molecule has 0 aliphatic heterocycles. The topological polar surface area (TPSA) is 29.1 Å². The van der Waals surface area contributed by atoms with Crippen LogP contribution in [0.25, 0.3) is 0 Å². The number of carbonyl (C=O) groups excluding carboxylic acids is 1. The Balaban J connectivity index is 3.05. The lowest BCUT2D eigenvalue weighted by Gasteiger charge is -2.03. The van der Waals surface area contributed by atoms with Crippen molar-refractivity contribution in [1.29, 1.82) is 0 Å². The van der Waals surface area contributed by atoms with Gasteiger partial charge in [0, 0.05) is 6.26 Å². The molecule has 0 spiro atoms. The maximum Gasteiger partial charge on any atom is 0.267 e. The van der Waals surface area contributed by atoms with Crippen LogP contribution >= 0.6 is 11.9 Å². The Bertz CT molecular complexity index is 310. The highest BCUT2D eigenvalue weighted by Crippen LogP contribution is 2.12. The normalized spacial score (nSPS) is 9.77. The van der Waals surface area contributed by atoms with Crippen LogP contribution in [0.4, 0.5) is 8.78 Å². The fraction of sp³-hybridized carbons (Fsp3) is 0.125. The summed E-state index contributed by atoms with van der Waals surface area (Å²) in [6.07, 6.45) is 1.59. The molecule has 0 bridgehead atoms. The monoisotopic (exact) mass is 203 g/mol. The van der Waals surface area contributed by atoms with Crippen LogP contribution in [0.5, 0.6) is 0 Å². The number of hydrogen-bond donors (Lipinski definition) is 1. The number of hydrogen-bond acceptors (Lipinski definition) is 2. The first kappa shape index (κ1) is 9.98. The minimum atomic E-state index is -0.855. The molecule has 0 radical (unpaired) electrons. The van der Waals surface area contributed by atoms with E-state index in [0.29, 0.717) is 0 Å². The van der Waals surface area contributed by atoms with Gasteiger partial charge in [0.25, 0.3) is 5.91 Å². The van der Waals surface area contributed by atoms with Gasteiger partial charge in [-0.2, -0.15) is 0 Å². The van der Waals surface area contributed by atoms with Gasteiger partial charge in [-0.05, 0) is 12.1 Å². The summed E-state index contributed by atoms with van der Waals surface area (Å²) in [5.74, 6) is -2.47. The summed E-state index contributed by atoms with van der Waals surface area (Å²) in [6, 6.07) is 3.29. The van der Waals surface area contributed by atoms with E-state index >= 15 is 0 Å². The van der Waals surface area contributed by atoms with Crippen LogP contribution < -0.4 is 4.72 Å². The maximum atomic E-state index is 12.9. The Morgan fingerprint density at radius 3 is 2.38 bits per heavy atom. The second-order valence-corrected chi connectivity index (χ2v) is 2.84. The Hall–Kier alpha value is -1.10. The third-order valence-electron chi connectivity index (χ3n) is 1.38. The number of benzene rings is 1. The first-order valence-corrected chi connectivity index (χ1v) is 4.66. The molecule has 1 rings (SSSR count). The van der Waals surface area contributed by atoms with E-state index in [4.69, 9.17) is 0 Å². The first-order chi connectivity index (χ1) is 6.16. The van der Waals surface area contributed by atoms with Crippen LogP contribution in [0, 0.1) is 11.6 Å². The van der Waals surface area contributed by atoms with Crippen LogP contribution in [0.2, 0.25) is 0 Å². The number of nitrogens with one attached hydrogen (secondary N) is 1. The van der Waals surface area contributed by atoms with Gasteiger partial charge in [-0.3, -0.25) is 9.52 Å². The minimum absolute atomic E-state index is 0.545. The van der Waals surface area contributed by atoms with Crippen LogP contribution in [0.3, 0.4) is 0 Å². The van der Waals surface area contributed by atoms with Crippen LogP contribution in [0.1, 0.15) is 10.4 Å². The summed E-state index contributed by atoms with van der Waals surface area (Å²) in [5.41, 5.74) is -0.545. The molecule has 1 aromatic rings. The van der Waals surface area contributed by atoms with Gasteiger partial charge in [0.1, 0.15) is 17.2 Å². The van der Waals surface area contributed by atoms with Crippen molar-refractivity contribution in [2.75, 3.05) is 6.26 Å². The summed E-state index contributed by atoms with van der Waals surface area (Å²) in [5, 5.41) is 0. The molecule has 13 heavy (non-hydrogen) atoms. The summed E-state index contributed by atoms with van der Waals surface area (Å²) in [4.78, 5) is 11.1. The van der Waals surface area contributed by atoms with Crippen molar-refractivity contribution >= 4 is 17.9 Å². The highest BCUT2D eigenvalue weighted by molar-refractivity contribution is 7.97. The summed E-state index contributed by atoms with van der Waals surface area (Å²) < 4.78 is 28.1. The molecule has 0 aliphatic rings. The van der Waals surface area contributed by atoms with Crippen molar-refractivity contribution in [3.8, 4) is 0 Å². The lowest BCUT2D eigenvalue weighted by atomic mass is 10.2. The quantitative estimate of drug-likeness (QED) is 0.744. The molecule has 1 N–H and O–H groups in total. The third kappa shape index (κ3) is 2.18. The molecule has 0 atom stereocenters. The summed E-state index contributed by atoms with van der Waals surface area (Å²) in [7, 11) is 0. The van der Waals surface area contributed by atoms with Crippen LogP contribution in [-0.2, 0) is 0 Å². The Kier molecular flexibility index (Phi) is 3.25. The standard InChI is InChI=1S/C8H7F2NOS/c1-13-11-8(12)7-5(9)3-2-4-6(7)10/h2-4H,1H3,(H,11,12). The van der Waals surface area contributed by atoms with Gasteiger partial charge in [0.05, 0.1) is 0 Å². The zero-order chi connectivity index (χ0) is 9.84. The van der Waals surface area contributed by atoms with E-state index in [-0.39, 0.29) is 0 Å². The van der Waals surface area contributed by atoms with E-state index in [1.807, 2.05) is 0 Å². The van der Waals surface area contributed by atoms with Crippen molar-refractivity contribution in [2.45, 2.75) is 0 Å². The Labute approximate surface area is 78.5 Å². The van der Waals surface area contributed by atoms with E-state index in [0.717, 1.165) is 24.1 Å². The van der Waals surface area contributed by atoms with E-state index in [2.05, 4.69) is 4.72 Å². The van der Waals surface area contributed by atoms with Crippen molar-refractivity contribution < 1.29 is 13.6 Å². The highest BCUT2D eigenvalue weighted by atomic mass is 32.2.